The molecule has 9 nitrogen and oxygen atoms in total. The Morgan fingerprint density at radius 2 is 1.90 bits per heavy atom. The number of halogens is 1. The summed E-state index contributed by atoms with van der Waals surface area (Å²) in [6.07, 6.45) is 1.61. The first-order valence-corrected chi connectivity index (χ1v) is 12.6. The third-order valence-corrected chi connectivity index (χ3v) is 6.87. The second-order valence-electron chi connectivity index (χ2n) is 9.22. The van der Waals surface area contributed by atoms with Crippen molar-refractivity contribution in [1.82, 2.24) is 24.7 Å². The van der Waals surface area contributed by atoms with Crippen LogP contribution in [0.5, 0.6) is 5.75 Å². The van der Waals surface area contributed by atoms with Gasteiger partial charge in [0.25, 0.3) is 5.56 Å². The zero-order chi connectivity index (χ0) is 27.7. The number of aromatic nitrogens is 5. The number of hydrogen-bond donors (Lipinski definition) is 2. The number of aromatic amines is 1. The highest BCUT2D eigenvalue weighted by Crippen LogP contribution is 2.35. The lowest BCUT2D eigenvalue weighted by molar-refractivity contribution is 0.281. The van der Waals surface area contributed by atoms with Crippen LogP contribution in [-0.2, 0) is 19.8 Å². The minimum absolute atomic E-state index is 0.0542. The largest absolute Gasteiger partial charge is 0.486 e. The van der Waals surface area contributed by atoms with Gasteiger partial charge in [-0.3, -0.25) is 14.9 Å². The summed E-state index contributed by atoms with van der Waals surface area (Å²) in [5.41, 5.74) is 6.00. The first-order chi connectivity index (χ1) is 18.8. The van der Waals surface area contributed by atoms with Gasteiger partial charge in [-0.2, -0.15) is 10.4 Å². The van der Waals surface area contributed by atoms with Crippen LogP contribution in [0, 0.1) is 32.1 Å². The van der Waals surface area contributed by atoms with Gasteiger partial charge in [-0.15, -0.1) is 0 Å². The Morgan fingerprint density at radius 3 is 2.67 bits per heavy atom. The fraction of sp³-hybridized carbons (Fsp3) is 0.207. The molecule has 5 rings (SSSR count). The van der Waals surface area contributed by atoms with E-state index in [0.717, 1.165) is 27.9 Å². The van der Waals surface area contributed by atoms with Crippen LogP contribution < -0.4 is 10.3 Å². The first kappa shape index (κ1) is 26.1. The highest BCUT2D eigenvalue weighted by Gasteiger charge is 2.18. The Labute approximate surface area is 229 Å². The number of para-hydroxylation sites is 1. The lowest BCUT2D eigenvalue weighted by atomic mass is 10.0. The van der Waals surface area contributed by atoms with Gasteiger partial charge in [-0.05, 0) is 51.1 Å². The van der Waals surface area contributed by atoms with Gasteiger partial charge in [0.15, 0.2) is 0 Å². The van der Waals surface area contributed by atoms with E-state index in [1.807, 2.05) is 51.1 Å². The number of nitrogens with one attached hydrogen (secondary N) is 1. The lowest BCUT2D eigenvalue weighted by Gasteiger charge is -2.16. The van der Waals surface area contributed by atoms with Gasteiger partial charge in [0.05, 0.1) is 29.6 Å². The number of fused-ring (bicyclic) bond motifs is 1. The van der Waals surface area contributed by atoms with Crippen LogP contribution in [0.3, 0.4) is 0 Å². The Bertz CT molecular complexity index is 1820. The zero-order valence-electron chi connectivity index (χ0n) is 21.6. The summed E-state index contributed by atoms with van der Waals surface area (Å²) < 4.78 is 7.71. The summed E-state index contributed by atoms with van der Waals surface area (Å²) in [7, 11) is 0. The van der Waals surface area contributed by atoms with Crippen LogP contribution in [0.2, 0.25) is 5.02 Å². The first-order valence-electron chi connectivity index (χ1n) is 12.2. The minimum atomic E-state index is -0.400. The second-order valence-corrected chi connectivity index (χ2v) is 9.63. The molecule has 0 aliphatic heterocycles. The van der Waals surface area contributed by atoms with Crippen LogP contribution in [0.1, 0.15) is 39.5 Å². The molecule has 0 amide bonds. The van der Waals surface area contributed by atoms with E-state index < -0.39 is 5.56 Å². The third kappa shape index (κ3) is 5.00. The van der Waals surface area contributed by atoms with Gasteiger partial charge < -0.3 is 14.4 Å². The number of H-pyrrole nitrogens is 1. The molecule has 0 unspecified atom stereocenters. The van der Waals surface area contributed by atoms with E-state index in [0.29, 0.717) is 38.9 Å². The summed E-state index contributed by atoms with van der Waals surface area (Å²) in [6.45, 7) is 5.66. The molecule has 0 spiro atoms. The van der Waals surface area contributed by atoms with E-state index in [2.05, 4.69) is 15.2 Å². The Balaban J connectivity index is 1.54. The van der Waals surface area contributed by atoms with Gasteiger partial charge in [-0.1, -0.05) is 23.7 Å². The third-order valence-electron chi connectivity index (χ3n) is 6.53. The van der Waals surface area contributed by atoms with Gasteiger partial charge in [0.2, 0.25) is 0 Å². The van der Waals surface area contributed by atoms with E-state index in [-0.39, 0.29) is 25.3 Å². The van der Waals surface area contributed by atoms with Gasteiger partial charge in [0, 0.05) is 45.4 Å². The van der Waals surface area contributed by atoms with Crippen molar-refractivity contribution >= 4 is 22.5 Å². The molecule has 0 saturated carbocycles. The number of rotatable bonds is 7. The molecule has 10 heteroatoms. The molecule has 0 fully saturated rings. The Kier molecular flexibility index (Phi) is 7.15. The maximum absolute atomic E-state index is 12.7. The molecule has 4 heterocycles. The average Bonchev–Trinajstić information content (AvgIpc) is 3.29. The van der Waals surface area contributed by atoms with Crippen LogP contribution in [0.25, 0.3) is 22.2 Å². The molecular formula is C29H25ClN6O3. The van der Waals surface area contributed by atoms with Crippen LogP contribution in [0.4, 0.5) is 0 Å². The fourth-order valence-corrected chi connectivity index (χ4v) is 4.91. The Hall–Kier alpha value is -4.52. The SMILES string of the molecule is Cc1cc(Cl)c(COc2cccc3c(-c4n[nH]c(C)c4CO)cc(C)nc23)c(Cn2cccc(C#N)c2=O)n1. The number of hydrogen-bond acceptors (Lipinski definition) is 7. The number of aliphatic hydroxyl groups excluding tert-OH is 1. The van der Waals surface area contributed by atoms with E-state index in [9.17, 15) is 15.2 Å². The van der Waals surface area contributed by atoms with Crippen LogP contribution in [-0.4, -0.2) is 29.8 Å². The normalized spacial score (nSPS) is 11.1. The quantitative estimate of drug-likeness (QED) is 0.304. The van der Waals surface area contributed by atoms with Crippen molar-refractivity contribution in [3.05, 3.63) is 104 Å². The molecule has 4 aromatic heterocycles. The van der Waals surface area contributed by atoms with E-state index in [1.165, 1.54) is 10.6 Å². The number of benzene rings is 1. The smallest absolute Gasteiger partial charge is 0.268 e. The number of nitriles is 1. The molecule has 196 valence electrons. The zero-order valence-corrected chi connectivity index (χ0v) is 22.4. The standard InChI is InChI=1S/C29H25ClN6O3/c1-16-10-21(27-22(14-37)18(3)34-35-27)20-7-4-8-26(28(20)33-16)39-15-23-24(30)11-17(2)32-25(23)13-36-9-5-6-19(12-31)29(36)38/h4-11,37H,13-15H2,1-3H3,(H,34,35). The molecule has 0 aliphatic carbocycles. The maximum Gasteiger partial charge on any atom is 0.268 e. The van der Waals surface area contributed by atoms with Crippen molar-refractivity contribution in [3.63, 3.8) is 0 Å². The van der Waals surface area contributed by atoms with Gasteiger partial charge in [0.1, 0.15) is 29.5 Å². The lowest BCUT2D eigenvalue weighted by Crippen LogP contribution is -2.23. The van der Waals surface area contributed by atoms with Crippen molar-refractivity contribution < 1.29 is 9.84 Å². The van der Waals surface area contributed by atoms with E-state index in [1.54, 1.807) is 18.3 Å². The van der Waals surface area contributed by atoms with E-state index in [4.69, 9.17) is 21.3 Å². The summed E-state index contributed by atoms with van der Waals surface area (Å²) in [5, 5.41) is 27.9. The molecule has 2 N–H and O–H groups in total. The molecule has 1 aromatic carbocycles. The highest BCUT2D eigenvalue weighted by atomic mass is 35.5. The number of pyridine rings is 3. The number of aliphatic hydroxyl groups is 1. The topological polar surface area (TPSA) is 130 Å². The molecule has 5 aromatic rings. The second kappa shape index (κ2) is 10.7. The number of nitrogens with zero attached hydrogens (tertiary/aromatic N) is 5. The van der Waals surface area contributed by atoms with Gasteiger partial charge >= 0.3 is 0 Å². The molecule has 0 radical (unpaired) electrons. The van der Waals surface area contributed by atoms with Crippen molar-refractivity contribution in [2.75, 3.05) is 0 Å². The molecule has 0 saturated heterocycles. The van der Waals surface area contributed by atoms with Gasteiger partial charge in [-0.25, -0.2) is 4.98 Å². The predicted octanol–water partition coefficient (Wildman–Crippen LogP) is 4.75. The van der Waals surface area contributed by atoms with Crippen molar-refractivity contribution in [3.8, 4) is 23.1 Å². The summed E-state index contributed by atoms with van der Waals surface area (Å²) in [6, 6.07) is 14.4. The summed E-state index contributed by atoms with van der Waals surface area (Å²) in [4.78, 5) is 22.0. The maximum atomic E-state index is 12.7. The molecule has 0 aliphatic rings. The monoisotopic (exact) mass is 540 g/mol. The van der Waals surface area contributed by atoms with Crippen molar-refractivity contribution in [1.29, 1.82) is 5.26 Å². The number of aryl methyl sites for hydroxylation is 3. The van der Waals surface area contributed by atoms with Crippen LogP contribution in [0.15, 0.2) is 53.5 Å². The van der Waals surface area contributed by atoms with E-state index >= 15 is 0 Å². The van der Waals surface area contributed by atoms with Crippen molar-refractivity contribution in [2.45, 2.75) is 40.5 Å². The molecule has 39 heavy (non-hydrogen) atoms. The predicted molar refractivity (Wildman–Crippen MR) is 148 cm³/mol. The molecular weight excluding hydrogens is 516 g/mol. The molecule has 0 atom stereocenters. The average molecular weight is 541 g/mol. The van der Waals surface area contributed by atoms with Crippen molar-refractivity contribution in [2.24, 2.45) is 0 Å². The summed E-state index contributed by atoms with van der Waals surface area (Å²) >= 11 is 6.64. The number of ether oxygens (including phenoxy) is 1. The minimum Gasteiger partial charge on any atom is -0.486 e. The fourth-order valence-electron chi connectivity index (χ4n) is 4.59. The molecule has 0 bridgehead atoms. The Morgan fingerprint density at radius 1 is 1.10 bits per heavy atom. The highest BCUT2D eigenvalue weighted by molar-refractivity contribution is 6.31. The van der Waals surface area contributed by atoms with Crippen LogP contribution >= 0.6 is 11.6 Å². The summed E-state index contributed by atoms with van der Waals surface area (Å²) in [5.74, 6) is 0.543.